The summed E-state index contributed by atoms with van der Waals surface area (Å²) in [4.78, 5) is 16.8. The molecule has 1 aliphatic rings. The van der Waals surface area contributed by atoms with E-state index in [2.05, 4.69) is 15.5 Å². The molecule has 4 rings (SSSR count). The summed E-state index contributed by atoms with van der Waals surface area (Å²) in [5.41, 5.74) is 2.75. The fourth-order valence-electron chi connectivity index (χ4n) is 3.17. The Kier molecular flexibility index (Phi) is 4.70. The Morgan fingerprint density at radius 2 is 2.07 bits per heavy atom. The van der Waals surface area contributed by atoms with Crippen molar-refractivity contribution in [3.63, 3.8) is 0 Å². The van der Waals surface area contributed by atoms with E-state index >= 15 is 0 Å². The highest BCUT2D eigenvalue weighted by Gasteiger charge is 2.29. The fourth-order valence-corrected chi connectivity index (χ4v) is 3.17. The minimum absolute atomic E-state index is 0.00836. The van der Waals surface area contributed by atoms with E-state index in [4.69, 9.17) is 4.52 Å². The van der Waals surface area contributed by atoms with Crippen LogP contribution in [0.15, 0.2) is 28.8 Å². The Hall–Kier alpha value is -3.03. The SMILES string of the molecule is Cc1cc(-c2nc(C3CC3)no2)c(C)n1CC(=O)NCc1ccc(F)cc1F. The van der Waals surface area contributed by atoms with Crippen molar-refractivity contribution in [2.75, 3.05) is 0 Å². The Balaban J connectivity index is 1.45. The van der Waals surface area contributed by atoms with Gasteiger partial charge in [0.2, 0.25) is 5.91 Å². The lowest BCUT2D eigenvalue weighted by molar-refractivity contribution is -0.121. The van der Waals surface area contributed by atoms with Gasteiger partial charge in [-0.05, 0) is 38.8 Å². The van der Waals surface area contributed by atoms with E-state index in [1.807, 2.05) is 24.5 Å². The number of nitrogens with zero attached hydrogens (tertiary/aromatic N) is 3. The van der Waals surface area contributed by atoms with Crippen LogP contribution in [0, 0.1) is 25.5 Å². The number of hydrogen-bond donors (Lipinski definition) is 1. The second-order valence-electron chi connectivity index (χ2n) is 7.12. The van der Waals surface area contributed by atoms with Gasteiger partial charge in [0.05, 0.1) is 5.56 Å². The third-order valence-corrected chi connectivity index (χ3v) is 4.98. The van der Waals surface area contributed by atoms with Crippen molar-refractivity contribution in [3.8, 4) is 11.5 Å². The number of carbonyl (C=O) groups is 1. The Morgan fingerprint density at radius 1 is 1.29 bits per heavy atom. The zero-order chi connectivity index (χ0) is 19.8. The first kappa shape index (κ1) is 18.3. The van der Waals surface area contributed by atoms with Crippen LogP contribution in [0.5, 0.6) is 0 Å². The van der Waals surface area contributed by atoms with Gasteiger partial charge in [0, 0.05) is 35.5 Å². The molecule has 3 aromatic rings. The largest absolute Gasteiger partial charge is 0.350 e. The van der Waals surface area contributed by atoms with Crippen LogP contribution in [0.25, 0.3) is 11.5 Å². The standard InChI is InChI=1S/C20H20F2N4O2/c1-11-7-16(20-24-19(25-28-20)13-3-4-13)12(2)26(11)10-18(27)23-9-14-5-6-15(21)8-17(14)22/h5-8,13H,3-4,9-10H2,1-2H3,(H,23,27). The van der Waals surface area contributed by atoms with Crippen molar-refractivity contribution in [2.45, 2.75) is 45.7 Å². The van der Waals surface area contributed by atoms with Crippen LogP contribution in [-0.4, -0.2) is 20.6 Å². The maximum absolute atomic E-state index is 13.7. The van der Waals surface area contributed by atoms with Gasteiger partial charge >= 0.3 is 0 Å². The van der Waals surface area contributed by atoms with E-state index in [-0.39, 0.29) is 24.6 Å². The van der Waals surface area contributed by atoms with E-state index in [0.717, 1.165) is 47.8 Å². The maximum Gasteiger partial charge on any atom is 0.259 e. The molecule has 1 aromatic carbocycles. The zero-order valence-electron chi connectivity index (χ0n) is 15.6. The van der Waals surface area contributed by atoms with Gasteiger partial charge in [0.15, 0.2) is 5.82 Å². The first-order valence-electron chi connectivity index (χ1n) is 9.13. The number of carbonyl (C=O) groups excluding carboxylic acids is 1. The monoisotopic (exact) mass is 386 g/mol. The molecule has 2 aromatic heterocycles. The molecule has 1 N–H and O–H groups in total. The summed E-state index contributed by atoms with van der Waals surface area (Å²) in [7, 11) is 0. The Labute approximate surface area is 160 Å². The molecule has 0 bridgehead atoms. The molecule has 0 atom stereocenters. The van der Waals surface area contributed by atoms with Crippen LogP contribution in [0.4, 0.5) is 8.78 Å². The fraction of sp³-hybridized carbons (Fsp3) is 0.350. The molecule has 1 amide bonds. The van der Waals surface area contributed by atoms with Gasteiger partial charge in [0.25, 0.3) is 5.89 Å². The highest BCUT2D eigenvalue weighted by molar-refractivity contribution is 5.76. The molecular formula is C20H20F2N4O2. The maximum atomic E-state index is 13.7. The second kappa shape index (κ2) is 7.18. The van der Waals surface area contributed by atoms with Crippen LogP contribution in [-0.2, 0) is 17.9 Å². The normalized spacial score (nSPS) is 13.7. The van der Waals surface area contributed by atoms with Crippen molar-refractivity contribution in [2.24, 2.45) is 0 Å². The average Bonchev–Trinajstić information content (AvgIpc) is 3.33. The molecule has 1 aliphatic carbocycles. The summed E-state index contributed by atoms with van der Waals surface area (Å²) in [5, 5.41) is 6.70. The summed E-state index contributed by atoms with van der Waals surface area (Å²) in [6, 6.07) is 5.19. The summed E-state index contributed by atoms with van der Waals surface area (Å²) < 4.78 is 33.9. The number of rotatable bonds is 6. The van der Waals surface area contributed by atoms with Crippen molar-refractivity contribution in [1.29, 1.82) is 0 Å². The summed E-state index contributed by atoms with van der Waals surface area (Å²) in [5.74, 6) is -0.0165. The van der Waals surface area contributed by atoms with Crippen molar-refractivity contribution >= 4 is 5.91 Å². The lowest BCUT2D eigenvalue weighted by Crippen LogP contribution is -2.28. The Bertz CT molecular complexity index is 1040. The number of aryl methyl sites for hydroxylation is 1. The number of benzene rings is 1. The molecule has 0 aliphatic heterocycles. The molecule has 1 fully saturated rings. The van der Waals surface area contributed by atoms with Gasteiger partial charge in [-0.2, -0.15) is 4.98 Å². The number of hydrogen-bond acceptors (Lipinski definition) is 4. The van der Waals surface area contributed by atoms with E-state index in [9.17, 15) is 13.6 Å². The summed E-state index contributed by atoms with van der Waals surface area (Å²) >= 11 is 0. The van der Waals surface area contributed by atoms with Crippen LogP contribution in [0.1, 0.15) is 41.5 Å². The molecule has 6 nitrogen and oxygen atoms in total. The number of amides is 1. The third-order valence-electron chi connectivity index (χ3n) is 4.98. The molecule has 1 saturated carbocycles. The van der Waals surface area contributed by atoms with Gasteiger partial charge in [-0.3, -0.25) is 4.79 Å². The van der Waals surface area contributed by atoms with Gasteiger partial charge < -0.3 is 14.4 Å². The lowest BCUT2D eigenvalue weighted by atomic mass is 10.2. The first-order chi connectivity index (χ1) is 13.4. The highest BCUT2D eigenvalue weighted by atomic mass is 19.1. The molecule has 0 spiro atoms. The lowest BCUT2D eigenvalue weighted by Gasteiger charge is -2.11. The van der Waals surface area contributed by atoms with Gasteiger partial charge in [-0.15, -0.1) is 0 Å². The van der Waals surface area contributed by atoms with Crippen molar-refractivity contribution in [3.05, 3.63) is 58.7 Å². The van der Waals surface area contributed by atoms with Crippen LogP contribution in [0.3, 0.4) is 0 Å². The minimum atomic E-state index is -0.682. The topological polar surface area (TPSA) is 73.0 Å². The average molecular weight is 386 g/mol. The molecule has 2 heterocycles. The highest BCUT2D eigenvalue weighted by Crippen LogP contribution is 2.39. The minimum Gasteiger partial charge on any atom is -0.350 e. The third kappa shape index (κ3) is 3.67. The Morgan fingerprint density at radius 3 is 2.79 bits per heavy atom. The van der Waals surface area contributed by atoms with Crippen molar-refractivity contribution in [1.82, 2.24) is 20.0 Å². The molecular weight excluding hydrogens is 366 g/mol. The number of aromatic nitrogens is 3. The summed E-state index contributed by atoms with van der Waals surface area (Å²) in [6.45, 7) is 3.84. The first-order valence-corrected chi connectivity index (χ1v) is 9.13. The smallest absolute Gasteiger partial charge is 0.259 e. The predicted molar refractivity (Wildman–Crippen MR) is 97.4 cm³/mol. The number of halogens is 2. The second-order valence-corrected chi connectivity index (χ2v) is 7.12. The van der Waals surface area contributed by atoms with Gasteiger partial charge in [0.1, 0.15) is 18.2 Å². The van der Waals surface area contributed by atoms with Crippen LogP contribution < -0.4 is 5.32 Å². The van der Waals surface area contributed by atoms with E-state index in [0.29, 0.717) is 11.8 Å². The molecule has 0 radical (unpaired) electrons. The van der Waals surface area contributed by atoms with E-state index in [1.165, 1.54) is 6.07 Å². The molecule has 0 saturated heterocycles. The van der Waals surface area contributed by atoms with Crippen molar-refractivity contribution < 1.29 is 18.1 Å². The summed E-state index contributed by atoms with van der Waals surface area (Å²) in [6.07, 6.45) is 2.18. The van der Waals surface area contributed by atoms with Crippen LogP contribution in [0.2, 0.25) is 0 Å². The van der Waals surface area contributed by atoms with Crippen LogP contribution >= 0.6 is 0 Å². The van der Waals surface area contributed by atoms with E-state index in [1.54, 1.807) is 0 Å². The predicted octanol–water partition coefficient (Wildman–Crippen LogP) is 3.63. The molecule has 146 valence electrons. The molecule has 8 heteroatoms. The van der Waals surface area contributed by atoms with E-state index < -0.39 is 11.6 Å². The van der Waals surface area contributed by atoms with Gasteiger partial charge in [-0.25, -0.2) is 8.78 Å². The molecule has 0 unspecified atom stereocenters. The van der Waals surface area contributed by atoms with Gasteiger partial charge in [-0.1, -0.05) is 11.2 Å². The quantitative estimate of drug-likeness (QED) is 0.702. The zero-order valence-corrected chi connectivity index (χ0v) is 15.6. The number of nitrogens with one attached hydrogen (secondary N) is 1. The molecule has 28 heavy (non-hydrogen) atoms.